The van der Waals surface area contributed by atoms with Crippen molar-refractivity contribution >= 4 is 38.6 Å². The van der Waals surface area contributed by atoms with Crippen molar-refractivity contribution in [1.29, 1.82) is 0 Å². The molecule has 0 aromatic carbocycles. The molecule has 0 aliphatic rings. The van der Waals surface area contributed by atoms with Gasteiger partial charge in [0.05, 0.1) is 5.02 Å². The van der Waals surface area contributed by atoms with Crippen molar-refractivity contribution in [1.82, 2.24) is 9.55 Å². The van der Waals surface area contributed by atoms with E-state index in [4.69, 9.17) is 11.6 Å². The van der Waals surface area contributed by atoms with E-state index in [9.17, 15) is 0 Å². The Kier molecular flexibility index (Phi) is 1.85. The van der Waals surface area contributed by atoms with Crippen LogP contribution in [0, 0.1) is 0 Å². The van der Waals surface area contributed by atoms with Crippen LogP contribution in [0.4, 0.5) is 0 Å². The van der Waals surface area contributed by atoms with Crippen LogP contribution < -0.4 is 0 Å². The Morgan fingerprint density at radius 3 is 3.08 bits per heavy atom. The van der Waals surface area contributed by atoms with Gasteiger partial charge in [0, 0.05) is 29.3 Å². The summed E-state index contributed by atoms with van der Waals surface area (Å²) in [6, 6.07) is 1.96. The Hall–Kier alpha value is -0.540. The largest absolute Gasteiger partial charge is 0.334 e. The number of nitrogens with zero attached hydrogens (tertiary/aromatic N) is 2. The van der Waals surface area contributed by atoms with Crippen molar-refractivity contribution in [2.45, 2.75) is 0 Å². The standard InChI is InChI=1S/C8H6BrClN2/c1-12-4-7(10)6-2-5(9)3-11-8(6)12/h2-4H,1H3. The summed E-state index contributed by atoms with van der Waals surface area (Å²) in [5.74, 6) is 0. The van der Waals surface area contributed by atoms with Gasteiger partial charge < -0.3 is 4.57 Å². The second-order valence-electron chi connectivity index (χ2n) is 2.61. The number of aromatic nitrogens is 2. The Bertz CT molecular complexity index is 436. The molecule has 0 unspecified atom stereocenters. The van der Waals surface area contributed by atoms with Gasteiger partial charge >= 0.3 is 0 Å². The summed E-state index contributed by atoms with van der Waals surface area (Å²) >= 11 is 9.31. The van der Waals surface area contributed by atoms with Crippen LogP contribution in [0.5, 0.6) is 0 Å². The molecule has 2 aromatic rings. The quantitative estimate of drug-likeness (QED) is 0.698. The molecule has 62 valence electrons. The highest BCUT2D eigenvalue weighted by Gasteiger charge is 2.04. The van der Waals surface area contributed by atoms with Crippen molar-refractivity contribution in [3.8, 4) is 0 Å². The maximum atomic E-state index is 5.97. The first-order valence-corrected chi connectivity index (χ1v) is 4.61. The maximum absolute atomic E-state index is 5.97. The molecule has 0 amide bonds. The molecule has 2 heterocycles. The molecule has 0 N–H and O–H groups in total. The topological polar surface area (TPSA) is 17.8 Å². The summed E-state index contributed by atoms with van der Waals surface area (Å²) in [6.07, 6.45) is 3.62. The molecule has 0 aliphatic heterocycles. The predicted octanol–water partition coefficient (Wildman–Crippen LogP) is 2.99. The van der Waals surface area contributed by atoms with Gasteiger partial charge in [-0.3, -0.25) is 0 Å². The van der Waals surface area contributed by atoms with Crippen LogP contribution in [-0.4, -0.2) is 9.55 Å². The average Bonchev–Trinajstić information content (AvgIpc) is 2.28. The first-order chi connectivity index (χ1) is 5.68. The first-order valence-electron chi connectivity index (χ1n) is 3.44. The monoisotopic (exact) mass is 244 g/mol. The highest BCUT2D eigenvalue weighted by Crippen LogP contribution is 2.25. The van der Waals surface area contributed by atoms with Gasteiger partial charge in [0.25, 0.3) is 0 Å². The van der Waals surface area contributed by atoms with E-state index < -0.39 is 0 Å². The van der Waals surface area contributed by atoms with Crippen LogP contribution in [0.25, 0.3) is 11.0 Å². The molecule has 0 atom stereocenters. The highest BCUT2D eigenvalue weighted by atomic mass is 79.9. The summed E-state index contributed by atoms with van der Waals surface area (Å²) in [4.78, 5) is 4.23. The van der Waals surface area contributed by atoms with Crippen LogP contribution in [-0.2, 0) is 7.05 Å². The van der Waals surface area contributed by atoms with Crippen LogP contribution in [0.15, 0.2) is 22.9 Å². The Balaban J connectivity index is 2.90. The van der Waals surface area contributed by atoms with Gasteiger partial charge in [0.1, 0.15) is 5.65 Å². The lowest BCUT2D eigenvalue weighted by atomic mass is 10.3. The third kappa shape index (κ3) is 1.13. The molecular weight excluding hydrogens is 239 g/mol. The molecule has 0 aliphatic carbocycles. The van der Waals surface area contributed by atoms with Crippen molar-refractivity contribution in [3.05, 3.63) is 28.0 Å². The average molecular weight is 246 g/mol. The van der Waals surface area contributed by atoms with E-state index in [2.05, 4.69) is 20.9 Å². The van der Waals surface area contributed by atoms with Gasteiger partial charge in [-0.2, -0.15) is 0 Å². The summed E-state index contributed by atoms with van der Waals surface area (Å²) in [5, 5.41) is 1.72. The van der Waals surface area contributed by atoms with Crippen LogP contribution in [0.2, 0.25) is 5.02 Å². The molecule has 4 heteroatoms. The van der Waals surface area contributed by atoms with E-state index in [0.29, 0.717) is 0 Å². The molecule has 2 rings (SSSR count). The number of aryl methyl sites for hydroxylation is 1. The molecular formula is C8H6BrClN2. The Morgan fingerprint density at radius 2 is 2.33 bits per heavy atom. The van der Waals surface area contributed by atoms with E-state index in [-0.39, 0.29) is 0 Å². The van der Waals surface area contributed by atoms with Crippen LogP contribution in [0.3, 0.4) is 0 Å². The summed E-state index contributed by atoms with van der Waals surface area (Å²) in [6.45, 7) is 0. The molecule has 2 aromatic heterocycles. The molecule has 0 fully saturated rings. The fourth-order valence-corrected chi connectivity index (χ4v) is 1.81. The zero-order chi connectivity index (χ0) is 8.72. The second kappa shape index (κ2) is 2.75. The van der Waals surface area contributed by atoms with E-state index in [1.165, 1.54) is 0 Å². The lowest BCUT2D eigenvalue weighted by molar-refractivity contribution is 0.948. The highest BCUT2D eigenvalue weighted by molar-refractivity contribution is 9.10. The van der Waals surface area contributed by atoms with E-state index >= 15 is 0 Å². The van der Waals surface area contributed by atoms with E-state index in [1.54, 1.807) is 6.20 Å². The number of fused-ring (bicyclic) bond motifs is 1. The van der Waals surface area contributed by atoms with Gasteiger partial charge in [-0.25, -0.2) is 4.98 Å². The summed E-state index contributed by atoms with van der Waals surface area (Å²) in [7, 11) is 1.93. The number of halogens is 2. The molecule has 0 saturated carbocycles. The van der Waals surface area contributed by atoms with Gasteiger partial charge in [-0.15, -0.1) is 0 Å². The molecule has 0 spiro atoms. The van der Waals surface area contributed by atoms with E-state index in [0.717, 1.165) is 20.5 Å². The van der Waals surface area contributed by atoms with Crippen molar-refractivity contribution in [2.24, 2.45) is 7.05 Å². The first kappa shape index (κ1) is 8.08. The van der Waals surface area contributed by atoms with Gasteiger partial charge in [-0.1, -0.05) is 11.6 Å². The zero-order valence-electron chi connectivity index (χ0n) is 6.38. The summed E-state index contributed by atoms with van der Waals surface area (Å²) in [5.41, 5.74) is 0.906. The second-order valence-corrected chi connectivity index (χ2v) is 3.94. The smallest absolute Gasteiger partial charge is 0.141 e. The van der Waals surface area contributed by atoms with Gasteiger partial charge in [-0.05, 0) is 22.0 Å². The molecule has 12 heavy (non-hydrogen) atoms. The molecule has 0 saturated heterocycles. The number of hydrogen-bond donors (Lipinski definition) is 0. The minimum atomic E-state index is 0.737. The van der Waals surface area contributed by atoms with Crippen molar-refractivity contribution in [3.63, 3.8) is 0 Å². The summed E-state index contributed by atoms with van der Waals surface area (Å²) < 4.78 is 2.85. The van der Waals surface area contributed by atoms with Crippen molar-refractivity contribution < 1.29 is 0 Å². The van der Waals surface area contributed by atoms with Crippen molar-refractivity contribution in [2.75, 3.05) is 0 Å². The third-order valence-electron chi connectivity index (χ3n) is 1.73. The lowest BCUT2D eigenvalue weighted by Gasteiger charge is -1.93. The lowest BCUT2D eigenvalue weighted by Crippen LogP contribution is -1.86. The third-order valence-corrected chi connectivity index (χ3v) is 2.47. The maximum Gasteiger partial charge on any atom is 0.141 e. The van der Waals surface area contributed by atoms with E-state index in [1.807, 2.05) is 23.9 Å². The minimum absolute atomic E-state index is 0.737. The van der Waals surface area contributed by atoms with Crippen LogP contribution >= 0.6 is 27.5 Å². The normalized spacial score (nSPS) is 10.9. The fraction of sp³-hybridized carbons (Fsp3) is 0.125. The number of hydrogen-bond acceptors (Lipinski definition) is 1. The SMILES string of the molecule is Cn1cc(Cl)c2cc(Br)cnc21. The molecule has 0 radical (unpaired) electrons. The molecule has 2 nitrogen and oxygen atoms in total. The zero-order valence-corrected chi connectivity index (χ0v) is 8.72. The Morgan fingerprint density at radius 1 is 1.58 bits per heavy atom. The minimum Gasteiger partial charge on any atom is -0.334 e. The number of rotatable bonds is 0. The molecule has 0 bridgehead atoms. The number of pyridine rings is 1. The fourth-order valence-electron chi connectivity index (χ4n) is 1.19. The predicted molar refractivity (Wildman–Crippen MR) is 53.4 cm³/mol. The Labute approximate surface area is 83.3 Å². The van der Waals surface area contributed by atoms with Gasteiger partial charge in [0.2, 0.25) is 0 Å². The van der Waals surface area contributed by atoms with Crippen LogP contribution in [0.1, 0.15) is 0 Å². The van der Waals surface area contributed by atoms with Gasteiger partial charge in [0.15, 0.2) is 0 Å².